The molecule has 4 nitrogen and oxygen atoms in total. The molecule has 31 heavy (non-hydrogen) atoms. The van der Waals surface area contributed by atoms with Gasteiger partial charge in [0.05, 0.1) is 0 Å². The molecule has 182 valence electrons. The summed E-state index contributed by atoms with van der Waals surface area (Å²) in [5, 5.41) is 4.14. The van der Waals surface area contributed by atoms with Crippen molar-refractivity contribution in [3.8, 4) is 0 Å². The van der Waals surface area contributed by atoms with E-state index < -0.39 is 0 Å². The van der Waals surface area contributed by atoms with Crippen LogP contribution in [0.4, 0.5) is 0 Å². The summed E-state index contributed by atoms with van der Waals surface area (Å²) >= 11 is 0. The molecule has 0 heterocycles. The molecule has 0 bridgehead atoms. The molecule has 0 saturated heterocycles. The average Bonchev–Trinajstić information content (AvgIpc) is 2.69. The molecule has 3 saturated carbocycles. The molecular formula is C27H54N4. The second-order valence-corrected chi connectivity index (χ2v) is 13.6. The summed E-state index contributed by atoms with van der Waals surface area (Å²) in [4.78, 5) is 0. The fourth-order valence-corrected chi connectivity index (χ4v) is 7.96. The maximum atomic E-state index is 6.42. The number of nitrogens with one attached hydrogen (secondary N) is 1. The lowest BCUT2D eigenvalue weighted by Crippen LogP contribution is -2.54. The molecular weight excluding hydrogens is 380 g/mol. The zero-order chi connectivity index (χ0) is 23.0. The molecule has 0 amide bonds. The fourth-order valence-electron chi connectivity index (χ4n) is 7.96. The highest BCUT2D eigenvalue weighted by Crippen LogP contribution is 2.51. The van der Waals surface area contributed by atoms with Crippen LogP contribution in [0.1, 0.15) is 99.3 Å². The molecule has 0 radical (unpaired) electrons. The predicted molar refractivity (Wildman–Crippen MR) is 134 cm³/mol. The lowest BCUT2D eigenvalue weighted by Gasteiger charge is -2.52. The Morgan fingerprint density at radius 2 is 1.39 bits per heavy atom. The standard InChI is InChI=1S/C27H54N4/c1-18-11-20(7-9-23(18)29)27(6,21-8-10-24(30)19(2)12-21)17-31-22-13-25(3,4)15-26(5,14-22)16-28/h18-24,31H,7-17,28-30H2,1-6H3. The van der Waals surface area contributed by atoms with Crippen LogP contribution >= 0.6 is 0 Å². The highest BCUT2D eigenvalue weighted by molar-refractivity contribution is 5.00. The van der Waals surface area contributed by atoms with Crippen molar-refractivity contribution in [1.29, 1.82) is 0 Å². The van der Waals surface area contributed by atoms with E-state index in [9.17, 15) is 0 Å². The maximum Gasteiger partial charge on any atom is 0.00780 e. The van der Waals surface area contributed by atoms with Gasteiger partial charge in [0, 0.05) is 24.7 Å². The Labute approximate surface area is 193 Å². The Kier molecular flexibility index (Phi) is 7.89. The average molecular weight is 435 g/mol. The molecule has 3 rings (SSSR count). The fraction of sp³-hybridized carbons (Fsp3) is 1.00. The number of hydrogen-bond acceptors (Lipinski definition) is 4. The molecule has 3 fully saturated rings. The van der Waals surface area contributed by atoms with Crippen LogP contribution in [-0.4, -0.2) is 31.2 Å². The third-order valence-electron chi connectivity index (χ3n) is 10.0. The van der Waals surface area contributed by atoms with Crippen molar-refractivity contribution in [2.75, 3.05) is 13.1 Å². The Balaban J connectivity index is 1.77. The molecule has 8 unspecified atom stereocenters. The Bertz CT molecular complexity index is 564. The lowest BCUT2D eigenvalue weighted by molar-refractivity contribution is 0.000946. The van der Waals surface area contributed by atoms with Gasteiger partial charge in [-0.1, -0.05) is 41.5 Å². The van der Waals surface area contributed by atoms with Gasteiger partial charge in [-0.2, -0.15) is 0 Å². The number of hydrogen-bond donors (Lipinski definition) is 4. The summed E-state index contributed by atoms with van der Waals surface area (Å²) in [5.74, 6) is 2.80. The van der Waals surface area contributed by atoms with Gasteiger partial charge in [-0.3, -0.25) is 0 Å². The zero-order valence-electron chi connectivity index (χ0n) is 21.6. The van der Waals surface area contributed by atoms with Gasteiger partial charge in [0.1, 0.15) is 0 Å². The van der Waals surface area contributed by atoms with Gasteiger partial charge < -0.3 is 22.5 Å². The predicted octanol–water partition coefficient (Wildman–Crippen LogP) is 4.65. The molecule has 3 aliphatic carbocycles. The minimum absolute atomic E-state index is 0.258. The Hall–Kier alpha value is -0.160. The first-order valence-electron chi connectivity index (χ1n) is 13.3. The second-order valence-electron chi connectivity index (χ2n) is 13.6. The third kappa shape index (κ3) is 5.86. The van der Waals surface area contributed by atoms with Crippen molar-refractivity contribution in [1.82, 2.24) is 5.32 Å². The van der Waals surface area contributed by atoms with Crippen LogP contribution in [0.15, 0.2) is 0 Å². The topological polar surface area (TPSA) is 90.1 Å². The first-order valence-corrected chi connectivity index (χ1v) is 13.3. The molecule has 0 aromatic carbocycles. The lowest BCUT2D eigenvalue weighted by atomic mass is 9.56. The normalized spacial score (nSPS) is 45.8. The van der Waals surface area contributed by atoms with E-state index in [0.29, 0.717) is 40.8 Å². The van der Waals surface area contributed by atoms with Gasteiger partial charge in [-0.15, -0.1) is 0 Å². The minimum Gasteiger partial charge on any atom is -0.330 e. The summed E-state index contributed by atoms with van der Waals surface area (Å²) in [6.45, 7) is 16.6. The number of rotatable bonds is 6. The first kappa shape index (κ1) is 25.5. The van der Waals surface area contributed by atoms with Crippen molar-refractivity contribution < 1.29 is 0 Å². The minimum atomic E-state index is 0.258. The van der Waals surface area contributed by atoms with E-state index in [1.165, 1.54) is 57.8 Å². The Morgan fingerprint density at radius 1 is 0.871 bits per heavy atom. The van der Waals surface area contributed by atoms with Crippen molar-refractivity contribution in [2.45, 2.75) is 117 Å². The van der Waals surface area contributed by atoms with Crippen molar-refractivity contribution in [2.24, 2.45) is 57.1 Å². The van der Waals surface area contributed by atoms with Crippen LogP contribution in [-0.2, 0) is 0 Å². The van der Waals surface area contributed by atoms with Gasteiger partial charge in [0.25, 0.3) is 0 Å². The molecule has 3 aliphatic rings. The van der Waals surface area contributed by atoms with Crippen molar-refractivity contribution in [3.63, 3.8) is 0 Å². The van der Waals surface area contributed by atoms with E-state index in [1.54, 1.807) is 0 Å². The summed E-state index contributed by atoms with van der Waals surface area (Å²) < 4.78 is 0. The molecule has 8 atom stereocenters. The van der Waals surface area contributed by atoms with Gasteiger partial charge in [-0.25, -0.2) is 0 Å². The summed E-state index contributed by atoms with van der Waals surface area (Å²) in [6, 6.07) is 1.34. The van der Waals surface area contributed by atoms with Gasteiger partial charge in [0.2, 0.25) is 0 Å². The van der Waals surface area contributed by atoms with Gasteiger partial charge >= 0.3 is 0 Å². The van der Waals surface area contributed by atoms with Gasteiger partial charge in [0.15, 0.2) is 0 Å². The maximum absolute atomic E-state index is 6.42. The van der Waals surface area contributed by atoms with Crippen molar-refractivity contribution >= 4 is 0 Å². The molecule has 0 aromatic rings. The van der Waals surface area contributed by atoms with Crippen LogP contribution in [0, 0.1) is 39.9 Å². The quantitative estimate of drug-likeness (QED) is 0.490. The van der Waals surface area contributed by atoms with Crippen LogP contribution in [0.2, 0.25) is 0 Å². The first-order chi connectivity index (χ1) is 14.4. The number of nitrogens with two attached hydrogens (primary N) is 3. The highest BCUT2D eigenvalue weighted by atomic mass is 14.9. The van der Waals surface area contributed by atoms with Crippen LogP contribution in [0.25, 0.3) is 0 Å². The molecule has 7 N–H and O–H groups in total. The van der Waals surface area contributed by atoms with Crippen LogP contribution in [0.5, 0.6) is 0 Å². The van der Waals surface area contributed by atoms with Gasteiger partial charge in [-0.05, 0) is 104 Å². The van der Waals surface area contributed by atoms with E-state index in [-0.39, 0.29) is 5.41 Å². The zero-order valence-corrected chi connectivity index (χ0v) is 21.6. The van der Waals surface area contributed by atoms with E-state index in [4.69, 9.17) is 17.2 Å². The smallest absolute Gasteiger partial charge is 0.00780 e. The van der Waals surface area contributed by atoms with E-state index in [2.05, 4.69) is 46.9 Å². The summed E-state index contributed by atoms with van der Waals surface area (Å²) in [5.41, 5.74) is 20.0. The summed E-state index contributed by atoms with van der Waals surface area (Å²) in [6.07, 6.45) is 11.2. The molecule has 4 heteroatoms. The SMILES string of the molecule is CC1CC(C(C)(CNC2CC(C)(C)CC(C)(CN)C2)C2CCC(N)C(C)C2)CCC1N. The van der Waals surface area contributed by atoms with E-state index in [0.717, 1.165) is 24.9 Å². The molecule has 0 aliphatic heterocycles. The third-order valence-corrected chi connectivity index (χ3v) is 10.0. The summed E-state index contributed by atoms with van der Waals surface area (Å²) in [7, 11) is 0. The van der Waals surface area contributed by atoms with E-state index in [1.807, 2.05) is 0 Å². The Morgan fingerprint density at radius 3 is 1.84 bits per heavy atom. The molecule has 0 spiro atoms. The van der Waals surface area contributed by atoms with Crippen LogP contribution < -0.4 is 22.5 Å². The highest BCUT2D eigenvalue weighted by Gasteiger charge is 2.47. The van der Waals surface area contributed by atoms with Crippen LogP contribution in [0.3, 0.4) is 0 Å². The largest absolute Gasteiger partial charge is 0.330 e. The van der Waals surface area contributed by atoms with Crippen molar-refractivity contribution in [3.05, 3.63) is 0 Å². The molecule has 0 aromatic heterocycles. The van der Waals surface area contributed by atoms with E-state index >= 15 is 0 Å². The monoisotopic (exact) mass is 434 g/mol. The second kappa shape index (κ2) is 9.60.